The molecular weight excluding hydrogens is 208 g/mol. The van der Waals surface area contributed by atoms with Gasteiger partial charge in [-0.3, -0.25) is 9.36 Å². The summed E-state index contributed by atoms with van der Waals surface area (Å²) in [4.78, 5) is 26.0. The van der Waals surface area contributed by atoms with E-state index in [9.17, 15) is 9.59 Å². The number of nitrogens with zero attached hydrogens (tertiary/aromatic N) is 1. The topological polar surface area (TPSA) is 68.0 Å². The van der Waals surface area contributed by atoms with Crippen LogP contribution in [0.15, 0.2) is 38.7 Å². The maximum atomic E-state index is 11.7. The van der Waals surface area contributed by atoms with Crippen LogP contribution in [-0.4, -0.2) is 9.55 Å². The minimum atomic E-state index is -0.404. The zero-order valence-corrected chi connectivity index (χ0v) is 9.06. The van der Waals surface area contributed by atoms with Crippen LogP contribution in [0.1, 0.15) is 19.9 Å². The summed E-state index contributed by atoms with van der Waals surface area (Å²) in [6, 6.07) is 2.92. The molecule has 2 aromatic heterocycles. The standard InChI is InChI=1S/C11H12N2O3/c1-7(2)13-10(14)5-9(12-11(13)15)8-3-4-16-6-8/h3-7H,1-2H3,(H,12,15). The van der Waals surface area contributed by atoms with Gasteiger partial charge >= 0.3 is 5.69 Å². The van der Waals surface area contributed by atoms with E-state index in [-0.39, 0.29) is 11.6 Å². The fourth-order valence-electron chi connectivity index (χ4n) is 1.57. The third-order valence-electron chi connectivity index (χ3n) is 2.31. The van der Waals surface area contributed by atoms with Crippen molar-refractivity contribution in [2.24, 2.45) is 0 Å². The lowest BCUT2D eigenvalue weighted by atomic mass is 10.2. The van der Waals surface area contributed by atoms with Gasteiger partial charge in [0.2, 0.25) is 0 Å². The summed E-state index contributed by atoms with van der Waals surface area (Å²) in [6.07, 6.45) is 2.96. The quantitative estimate of drug-likeness (QED) is 0.831. The Morgan fingerprint density at radius 3 is 2.62 bits per heavy atom. The van der Waals surface area contributed by atoms with Crippen LogP contribution in [0, 0.1) is 0 Å². The molecule has 5 nitrogen and oxygen atoms in total. The van der Waals surface area contributed by atoms with Crippen LogP contribution in [-0.2, 0) is 0 Å². The van der Waals surface area contributed by atoms with Gasteiger partial charge in [-0.25, -0.2) is 4.79 Å². The van der Waals surface area contributed by atoms with Gasteiger partial charge in [-0.15, -0.1) is 0 Å². The maximum absolute atomic E-state index is 11.7. The highest BCUT2D eigenvalue weighted by atomic mass is 16.3. The highest BCUT2D eigenvalue weighted by Crippen LogP contribution is 2.13. The predicted molar refractivity (Wildman–Crippen MR) is 59.4 cm³/mol. The Morgan fingerprint density at radius 2 is 2.12 bits per heavy atom. The second-order valence-corrected chi connectivity index (χ2v) is 3.80. The number of furan rings is 1. The van der Waals surface area contributed by atoms with E-state index in [2.05, 4.69) is 4.98 Å². The molecule has 5 heteroatoms. The molecule has 0 unspecified atom stereocenters. The fraction of sp³-hybridized carbons (Fsp3) is 0.273. The van der Waals surface area contributed by atoms with Crippen molar-refractivity contribution in [2.75, 3.05) is 0 Å². The molecule has 0 amide bonds. The van der Waals surface area contributed by atoms with E-state index in [4.69, 9.17) is 4.42 Å². The summed E-state index contributed by atoms with van der Waals surface area (Å²) in [7, 11) is 0. The summed E-state index contributed by atoms with van der Waals surface area (Å²) in [5, 5.41) is 0. The monoisotopic (exact) mass is 220 g/mol. The van der Waals surface area contributed by atoms with E-state index in [0.29, 0.717) is 11.3 Å². The average Bonchev–Trinajstić information content (AvgIpc) is 2.67. The Morgan fingerprint density at radius 1 is 1.38 bits per heavy atom. The Bertz CT molecular complexity index is 559. The first-order chi connectivity index (χ1) is 7.59. The molecule has 1 N–H and O–H groups in total. The normalized spacial score (nSPS) is 10.9. The lowest BCUT2D eigenvalue weighted by molar-refractivity contribution is 0.546. The van der Waals surface area contributed by atoms with Gasteiger partial charge < -0.3 is 9.40 Å². The Balaban J connectivity index is 2.63. The van der Waals surface area contributed by atoms with Crippen LogP contribution >= 0.6 is 0 Å². The molecule has 0 aliphatic heterocycles. The molecule has 2 aromatic rings. The molecule has 0 radical (unpaired) electrons. The summed E-state index contributed by atoms with van der Waals surface area (Å²) < 4.78 is 6.07. The molecule has 0 atom stereocenters. The molecule has 0 aromatic carbocycles. The third-order valence-corrected chi connectivity index (χ3v) is 2.31. The SMILES string of the molecule is CC(C)n1c(=O)cc(-c2ccoc2)[nH]c1=O. The van der Waals surface area contributed by atoms with Crippen molar-refractivity contribution in [3.8, 4) is 11.3 Å². The number of H-pyrrole nitrogens is 1. The molecule has 0 fully saturated rings. The van der Waals surface area contributed by atoms with E-state index in [1.165, 1.54) is 23.2 Å². The number of rotatable bonds is 2. The van der Waals surface area contributed by atoms with Gasteiger partial charge in [0.15, 0.2) is 0 Å². The van der Waals surface area contributed by atoms with Gasteiger partial charge in [-0.05, 0) is 19.9 Å². The van der Waals surface area contributed by atoms with Gasteiger partial charge in [0, 0.05) is 17.7 Å². The second kappa shape index (κ2) is 3.84. The number of hydrogen-bond acceptors (Lipinski definition) is 3. The van der Waals surface area contributed by atoms with Crippen LogP contribution in [0.4, 0.5) is 0 Å². The van der Waals surface area contributed by atoms with Gasteiger partial charge in [0.1, 0.15) is 0 Å². The molecular formula is C11H12N2O3. The van der Waals surface area contributed by atoms with Crippen molar-refractivity contribution in [1.29, 1.82) is 0 Å². The van der Waals surface area contributed by atoms with Crippen molar-refractivity contribution < 1.29 is 4.42 Å². The van der Waals surface area contributed by atoms with E-state index >= 15 is 0 Å². The summed E-state index contributed by atoms with van der Waals surface area (Å²) in [6.45, 7) is 3.57. The predicted octanol–water partition coefficient (Wildman–Crippen LogP) is 1.38. The Labute approximate surface area is 91.3 Å². The van der Waals surface area contributed by atoms with Crippen LogP contribution < -0.4 is 11.2 Å². The Kier molecular flexibility index (Phi) is 2.52. The molecule has 84 valence electrons. The number of aromatic nitrogens is 2. The lowest BCUT2D eigenvalue weighted by Gasteiger charge is -2.08. The number of nitrogens with one attached hydrogen (secondary N) is 1. The van der Waals surface area contributed by atoms with Gasteiger partial charge in [0.05, 0.1) is 18.2 Å². The first kappa shape index (κ1) is 10.5. The largest absolute Gasteiger partial charge is 0.472 e. The van der Waals surface area contributed by atoms with E-state index in [0.717, 1.165) is 0 Å². The zero-order chi connectivity index (χ0) is 11.7. The van der Waals surface area contributed by atoms with Gasteiger partial charge in [-0.1, -0.05) is 0 Å². The molecule has 0 bridgehead atoms. The van der Waals surface area contributed by atoms with Crippen LogP contribution in [0.25, 0.3) is 11.3 Å². The first-order valence-corrected chi connectivity index (χ1v) is 4.98. The molecule has 0 saturated carbocycles. The zero-order valence-electron chi connectivity index (χ0n) is 9.06. The van der Waals surface area contributed by atoms with Crippen molar-refractivity contribution in [3.63, 3.8) is 0 Å². The van der Waals surface area contributed by atoms with Gasteiger partial charge in [0.25, 0.3) is 5.56 Å². The first-order valence-electron chi connectivity index (χ1n) is 4.98. The summed E-state index contributed by atoms with van der Waals surface area (Å²) >= 11 is 0. The van der Waals surface area contributed by atoms with Crippen LogP contribution in [0.5, 0.6) is 0 Å². The summed E-state index contributed by atoms with van der Waals surface area (Å²) in [5.74, 6) is 0. The van der Waals surface area contributed by atoms with Crippen molar-refractivity contribution in [2.45, 2.75) is 19.9 Å². The third kappa shape index (κ3) is 1.71. The smallest absolute Gasteiger partial charge is 0.329 e. The van der Waals surface area contributed by atoms with Gasteiger partial charge in [-0.2, -0.15) is 0 Å². The van der Waals surface area contributed by atoms with Crippen LogP contribution in [0.3, 0.4) is 0 Å². The molecule has 2 rings (SSSR count). The number of aromatic amines is 1. The average molecular weight is 220 g/mol. The second-order valence-electron chi connectivity index (χ2n) is 3.80. The Hall–Kier alpha value is -2.04. The molecule has 16 heavy (non-hydrogen) atoms. The van der Waals surface area contributed by atoms with E-state index < -0.39 is 5.69 Å². The highest BCUT2D eigenvalue weighted by molar-refractivity contribution is 5.56. The van der Waals surface area contributed by atoms with Crippen molar-refractivity contribution >= 4 is 0 Å². The minimum absolute atomic E-state index is 0.158. The van der Waals surface area contributed by atoms with E-state index in [1.54, 1.807) is 19.9 Å². The highest BCUT2D eigenvalue weighted by Gasteiger charge is 2.08. The molecule has 2 heterocycles. The van der Waals surface area contributed by atoms with E-state index in [1.807, 2.05) is 0 Å². The summed E-state index contributed by atoms with van der Waals surface area (Å²) in [5.41, 5.74) is 0.444. The van der Waals surface area contributed by atoms with Crippen LogP contribution in [0.2, 0.25) is 0 Å². The minimum Gasteiger partial charge on any atom is -0.472 e. The maximum Gasteiger partial charge on any atom is 0.329 e. The molecule has 0 spiro atoms. The number of hydrogen-bond donors (Lipinski definition) is 1. The molecule has 0 aliphatic carbocycles. The fourth-order valence-corrected chi connectivity index (χ4v) is 1.57. The van der Waals surface area contributed by atoms with Crippen molar-refractivity contribution in [3.05, 3.63) is 45.5 Å². The lowest BCUT2D eigenvalue weighted by Crippen LogP contribution is -2.36. The van der Waals surface area contributed by atoms with Crippen molar-refractivity contribution in [1.82, 2.24) is 9.55 Å². The molecule has 0 aliphatic rings. The molecule has 0 saturated heterocycles.